The Kier molecular flexibility index (Phi) is 6.63. The van der Waals surface area contributed by atoms with Crippen LogP contribution in [0.3, 0.4) is 0 Å². The van der Waals surface area contributed by atoms with Gasteiger partial charge in [-0.3, -0.25) is 0 Å². The summed E-state index contributed by atoms with van der Waals surface area (Å²) in [6.45, 7) is 0.587. The van der Waals surface area contributed by atoms with Crippen LogP contribution >= 0.6 is 0 Å². The lowest BCUT2D eigenvalue weighted by molar-refractivity contribution is 0.105. The zero-order valence-corrected chi connectivity index (χ0v) is 16.3. The predicted octanol–water partition coefficient (Wildman–Crippen LogP) is 1.68. The Morgan fingerprint density at radius 1 is 1.19 bits per heavy atom. The lowest BCUT2D eigenvalue weighted by atomic mass is 10.1. The van der Waals surface area contributed by atoms with Crippen molar-refractivity contribution in [2.45, 2.75) is 6.42 Å². The molecule has 0 bridgehead atoms. The first-order chi connectivity index (χ1) is 12.2. The van der Waals surface area contributed by atoms with Crippen molar-refractivity contribution in [3.8, 4) is 5.75 Å². The summed E-state index contributed by atoms with van der Waals surface area (Å²) in [6.07, 6.45) is 1.77. The SMILES string of the molecule is CN(C)CCc1c[nH]c2cccc(OC(=O)OCCS(=O)(=O)N(C)C)c12. The first-order valence-corrected chi connectivity index (χ1v) is 9.80. The molecule has 1 N–H and O–H groups in total. The minimum absolute atomic E-state index is 0.268. The molecule has 0 saturated heterocycles. The van der Waals surface area contributed by atoms with Crippen LogP contribution < -0.4 is 4.74 Å². The maximum atomic E-state index is 11.9. The Morgan fingerprint density at radius 3 is 2.58 bits per heavy atom. The van der Waals surface area contributed by atoms with Crippen molar-refractivity contribution >= 4 is 27.1 Å². The average molecular weight is 383 g/mol. The van der Waals surface area contributed by atoms with Crippen LogP contribution in [0.25, 0.3) is 10.9 Å². The second kappa shape index (κ2) is 8.52. The molecular formula is C17H25N3O5S. The number of aromatic amines is 1. The normalized spacial score (nSPS) is 12.1. The number of nitrogens with zero attached hydrogens (tertiary/aromatic N) is 2. The molecule has 0 aliphatic heterocycles. The van der Waals surface area contributed by atoms with Crippen molar-refractivity contribution in [1.29, 1.82) is 0 Å². The first kappa shape index (κ1) is 20.2. The van der Waals surface area contributed by atoms with Crippen LogP contribution in [0.15, 0.2) is 24.4 Å². The van der Waals surface area contributed by atoms with Gasteiger partial charge in [0.2, 0.25) is 10.0 Å². The van der Waals surface area contributed by atoms with Crippen LogP contribution in [-0.4, -0.2) is 75.9 Å². The van der Waals surface area contributed by atoms with Crippen LogP contribution in [-0.2, 0) is 21.2 Å². The van der Waals surface area contributed by atoms with Gasteiger partial charge in [0, 0.05) is 37.7 Å². The van der Waals surface area contributed by atoms with E-state index >= 15 is 0 Å². The van der Waals surface area contributed by atoms with Crippen LogP contribution in [0.4, 0.5) is 4.79 Å². The largest absolute Gasteiger partial charge is 0.513 e. The maximum Gasteiger partial charge on any atom is 0.513 e. The van der Waals surface area contributed by atoms with Crippen molar-refractivity contribution in [1.82, 2.24) is 14.2 Å². The van der Waals surface area contributed by atoms with Gasteiger partial charge in [0.15, 0.2) is 0 Å². The van der Waals surface area contributed by atoms with Crippen molar-refractivity contribution in [3.05, 3.63) is 30.0 Å². The van der Waals surface area contributed by atoms with E-state index < -0.39 is 16.2 Å². The van der Waals surface area contributed by atoms with E-state index in [1.54, 1.807) is 12.1 Å². The molecule has 9 heteroatoms. The van der Waals surface area contributed by atoms with Crippen LogP contribution in [0.2, 0.25) is 0 Å². The third-order valence-electron chi connectivity index (χ3n) is 3.89. The highest BCUT2D eigenvalue weighted by Crippen LogP contribution is 2.29. The molecule has 0 fully saturated rings. The summed E-state index contributed by atoms with van der Waals surface area (Å²) in [5, 5.41) is 0.826. The topological polar surface area (TPSA) is 91.9 Å². The fourth-order valence-electron chi connectivity index (χ4n) is 2.38. The first-order valence-electron chi connectivity index (χ1n) is 8.19. The van der Waals surface area contributed by atoms with Gasteiger partial charge in [0.1, 0.15) is 12.4 Å². The molecule has 0 spiro atoms. The molecule has 0 unspecified atom stereocenters. The maximum absolute atomic E-state index is 11.9. The lowest BCUT2D eigenvalue weighted by Gasteiger charge is -2.12. The Balaban J connectivity index is 2.05. The second-order valence-corrected chi connectivity index (χ2v) is 8.65. The van der Waals surface area contributed by atoms with Gasteiger partial charge in [0.05, 0.1) is 5.75 Å². The summed E-state index contributed by atoms with van der Waals surface area (Å²) in [6, 6.07) is 5.36. The molecule has 26 heavy (non-hydrogen) atoms. The molecule has 144 valence electrons. The molecule has 0 aliphatic rings. The summed E-state index contributed by atoms with van der Waals surface area (Å²) in [5.74, 6) is 0.0929. The van der Waals surface area contributed by atoms with Crippen LogP contribution in [0.1, 0.15) is 5.56 Å². The molecule has 1 aromatic carbocycles. The number of aromatic nitrogens is 1. The molecule has 0 atom stereocenters. The monoisotopic (exact) mass is 383 g/mol. The Bertz CT molecular complexity index is 858. The van der Waals surface area contributed by atoms with Crippen molar-refractivity contribution in [2.75, 3.05) is 47.1 Å². The van der Waals surface area contributed by atoms with Gasteiger partial charge in [-0.1, -0.05) is 6.07 Å². The Labute approximate surface area is 153 Å². The van der Waals surface area contributed by atoms with Gasteiger partial charge in [-0.05, 0) is 38.2 Å². The highest BCUT2D eigenvalue weighted by atomic mass is 32.2. The number of nitrogens with one attached hydrogen (secondary N) is 1. The van der Waals surface area contributed by atoms with Crippen molar-refractivity contribution < 1.29 is 22.7 Å². The lowest BCUT2D eigenvalue weighted by Crippen LogP contribution is -2.28. The zero-order valence-electron chi connectivity index (χ0n) is 15.5. The standard InChI is InChI=1S/C17H25N3O5S/c1-19(2)9-8-13-12-18-14-6-5-7-15(16(13)14)25-17(21)24-10-11-26(22,23)20(3)4/h5-7,12,18H,8-11H2,1-4H3. The molecule has 8 nitrogen and oxygen atoms in total. The number of sulfonamides is 1. The van der Waals surface area contributed by atoms with Gasteiger partial charge in [-0.15, -0.1) is 0 Å². The Hall–Kier alpha value is -2.10. The van der Waals surface area contributed by atoms with E-state index in [-0.39, 0.29) is 12.4 Å². The van der Waals surface area contributed by atoms with Gasteiger partial charge in [-0.2, -0.15) is 0 Å². The fourth-order valence-corrected chi connectivity index (χ4v) is 3.04. The molecule has 1 aromatic heterocycles. The number of carbonyl (C=O) groups excluding carboxylic acids is 1. The highest BCUT2D eigenvalue weighted by Gasteiger charge is 2.17. The smallest absolute Gasteiger partial charge is 0.433 e. The molecule has 1 heterocycles. The summed E-state index contributed by atoms with van der Waals surface area (Å²) in [7, 11) is 3.41. The third-order valence-corrected chi connectivity index (χ3v) is 5.68. The Morgan fingerprint density at radius 2 is 1.92 bits per heavy atom. The van der Waals surface area contributed by atoms with E-state index in [1.807, 2.05) is 26.4 Å². The summed E-state index contributed by atoms with van der Waals surface area (Å²) in [5.41, 5.74) is 1.89. The fraction of sp³-hybridized carbons (Fsp3) is 0.471. The minimum atomic E-state index is -3.42. The molecule has 0 saturated carbocycles. The van der Waals surface area contributed by atoms with Gasteiger partial charge in [-0.25, -0.2) is 17.5 Å². The van der Waals surface area contributed by atoms with E-state index in [0.717, 1.165) is 33.7 Å². The van der Waals surface area contributed by atoms with Gasteiger partial charge >= 0.3 is 6.16 Å². The number of carbonyl (C=O) groups is 1. The zero-order chi connectivity index (χ0) is 19.3. The minimum Gasteiger partial charge on any atom is -0.433 e. The second-order valence-electron chi connectivity index (χ2n) is 6.34. The number of ether oxygens (including phenoxy) is 2. The van der Waals surface area contributed by atoms with E-state index in [4.69, 9.17) is 9.47 Å². The molecule has 0 aliphatic carbocycles. The van der Waals surface area contributed by atoms with Crippen molar-refractivity contribution in [3.63, 3.8) is 0 Å². The van der Waals surface area contributed by atoms with E-state index in [2.05, 4.69) is 9.88 Å². The summed E-state index contributed by atoms with van der Waals surface area (Å²) < 4.78 is 34.6. The van der Waals surface area contributed by atoms with Gasteiger partial charge in [0.25, 0.3) is 0 Å². The predicted molar refractivity (Wildman–Crippen MR) is 100 cm³/mol. The summed E-state index contributed by atoms with van der Waals surface area (Å²) in [4.78, 5) is 17.2. The van der Waals surface area contributed by atoms with E-state index in [1.165, 1.54) is 14.1 Å². The number of benzene rings is 1. The number of hydrogen-bond acceptors (Lipinski definition) is 6. The van der Waals surface area contributed by atoms with Crippen LogP contribution in [0.5, 0.6) is 5.75 Å². The molecule has 0 radical (unpaired) electrons. The molecule has 2 aromatic rings. The van der Waals surface area contributed by atoms with E-state index in [0.29, 0.717) is 5.75 Å². The quantitative estimate of drug-likeness (QED) is 0.551. The number of rotatable bonds is 8. The van der Waals surface area contributed by atoms with E-state index in [9.17, 15) is 13.2 Å². The highest BCUT2D eigenvalue weighted by molar-refractivity contribution is 7.89. The number of likely N-dealkylation sites (N-methyl/N-ethyl adjacent to an activating group) is 1. The molecule has 0 amide bonds. The number of H-pyrrole nitrogens is 1. The average Bonchev–Trinajstić information content (AvgIpc) is 2.96. The third kappa shape index (κ3) is 5.20. The van der Waals surface area contributed by atoms with Crippen molar-refractivity contribution in [2.24, 2.45) is 0 Å². The van der Waals surface area contributed by atoms with Gasteiger partial charge < -0.3 is 19.4 Å². The molecular weight excluding hydrogens is 358 g/mol. The number of fused-ring (bicyclic) bond motifs is 1. The number of hydrogen-bond donors (Lipinski definition) is 1. The van der Waals surface area contributed by atoms with Crippen LogP contribution in [0, 0.1) is 0 Å². The summed E-state index contributed by atoms with van der Waals surface area (Å²) >= 11 is 0. The molecule has 2 rings (SSSR count).